The van der Waals surface area contributed by atoms with Crippen molar-refractivity contribution in [2.45, 2.75) is 12.6 Å². The number of carboxylic acid groups (broad SMARTS) is 1. The van der Waals surface area contributed by atoms with Gasteiger partial charge in [-0.25, -0.2) is 4.79 Å². The van der Waals surface area contributed by atoms with Gasteiger partial charge in [-0.2, -0.15) is 13.2 Å². The molecule has 118 valence electrons. The van der Waals surface area contributed by atoms with Crippen LogP contribution in [-0.2, 0) is 6.18 Å². The molecule has 0 fully saturated rings. The Kier molecular flexibility index (Phi) is 5.60. The lowest BCUT2D eigenvalue weighted by Gasteiger charge is -2.22. The third kappa shape index (κ3) is 4.93. The summed E-state index contributed by atoms with van der Waals surface area (Å²) in [6.45, 7) is 1.41. The van der Waals surface area contributed by atoms with Crippen molar-refractivity contribution in [3.05, 3.63) is 29.3 Å². The van der Waals surface area contributed by atoms with Crippen molar-refractivity contribution < 1.29 is 23.1 Å². The van der Waals surface area contributed by atoms with Crippen LogP contribution < -0.4 is 4.90 Å². The number of alkyl halides is 3. The van der Waals surface area contributed by atoms with Gasteiger partial charge in [0.05, 0.1) is 11.1 Å². The Balaban J connectivity index is 2.97. The minimum absolute atomic E-state index is 0.353. The van der Waals surface area contributed by atoms with Gasteiger partial charge in [0, 0.05) is 19.3 Å². The van der Waals surface area contributed by atoms with Crippen LogP contribution in [0.3, 0.4) is 0 Å². The van der Waals surface area contributed by atoms with E-state index in [-0.39, 0.29) is 0 Å². The van der Waals surface area contributed by atoms with E-state index < -0.39 is 23.3 Å². The van der Waals surface area contributed by atoms with Gasteiger partial charge >= 0.3 is 12.1 Å². The summed E-state index contributed by atoms with van der Waals surface area (Å²) in [6.07, 6.45) is -3.89. The Hall–Kier alpha value is -1.76. The van der Waals surface area contributed by atoms with Crippen LogP contribution in [0, 0.1) is 0 Å². The summed E-state index contributed by atoms with van der Waals surface area (Å²) in [5.41, 5.74) is -1.49. The Morgan fingerprint density at radius 3 is 2.29 bits per heavy atom. The fourth-order valence-corrected chi connectivity index (χ4v) is 1.94. The van der Waals surface area contributed by atoms with Gasteiger partial charge in [-0.15, -0.1) is 0 Å². The van der Waals surface area contributed by atoms with Crippen LogP contribution in [0.4, 0.5) is 18.9 Å². The zero-order chi connectivity index (χ0) is 16.2. The lowest BCUT2D eigenvalue weighted by atomic mass is 10.1. The van der Waals surface area contributed by atoms with Crippen LogP contribution in [-0.4, -0.2) is 50.2 Å². The number of nitrogens with zero attached hydrogens (tertiary/aromatic N) is 2. The largest absolute Gasteiger partial charge is 0.478 e. The van der Waals surface area contributed by atoms with Gasteiger partial charge in [0.1, 0.15) is 0 Å². The lowest BCUT2D eigenvalue weighted by Crippen LogP contribution is -2.24. The van der Waals surface area contributed by atoms with Crippen molar-refractivity contribution in [1.29, 1.82) is 0 Å². The van der Waals surface area contributed by atoms with E-state index in [0.29, 0.717) is 12.2 Å². The Morgan fingerprint density at radius 2 is 1.81 bits per heavy atom. The fraction of sp³-hybridized carbons (Fsp3) is 0.500. The van der Waals surface area contributed by atoms with E-state index in [1.807, 2.05) is 19.0 Å². The van der Waals surface area contributed by atoms with Crippen molar-refractivity contribution in [3.8, 4) is 0 Å². The molecule has 0 aliphatic heterocycles. The molecule has 1 N–H and O–H groups in total. The fourth-order valence-electron chi connectivity index (χ4n) is 1.94. The topological polar surface area (TPSA) is 43.8 Å². The van der Waals surface area contributed by atoms with Gasteiger partial charge in [0.2, 0.25) is 0 Å². The molecule has 1 aromatic rings. The number of hydrogen-bond donors (Lipinski definition) is 1. The molecular formula is C14H19F3N2O2. The summed E-state index contributed by atoms with van der Waals surface area (Å²) in [6, 6.07) is 3.29. The minimum Gasteiger partial charge on any atom is -0.478 e. The SMILES string of the molecule is CN(C)CCCN(C)c1ccc(C(=O)O)c(C(F)(F)F)c1. The highest BCUT2D eigenvalue weighted by molar-refractivity contribution is 5.90. The molecule has 0 bridgehead atoms. The lowest BCUT2D eigenvalue weighted by molar-refractivity contribution is -0.138. The molecule has 1 aromatic carbocycles. The Labute approximate surface area is 121 Å². The number of rotatable bonds is 6. The second-order valence-corrected chi connectivity index (χ2v) is 5.11. The molecule has 0 radical (unpaired) electrons. The van der Waals surface area contributed by atoms with E-state index in [2.05, 4.69) is 0 Å². The first-order chi connectivity index (χ1) is 9.62. The minimum atomic E-state index is -4.69. The maximum atomic E-state index is 12.9. The average Bonchev–Trinajstić information content (AvgIpc) is 2.36. The van der Waals surface area contributed by atoms with Crippen LogP contribution in [0.1, 0.15) is 22.3 Å². The summed E-state index contributed by atoms with van der Waals surface area (Å²) in [5.74, 6) is -1.58. The smallest absolute Gasteiger partial charge is 0.417 e. The van der Waals surface area contributed by atoms with Crippen molar-refractivity contribution in [1.82, 2.24) is 4.90 Å². The van der Waals surface area contributed by atoms with Gasteiger partial charge in [-0.1, -0.05) is 0 Å². The van der Waals surface area contributed by atoms with Gasteiger partial charge < -0.3 is 14.9 Å². The van der Waals surface area contributed by atoms with Crippen molar-refractivity contribution >= 4 is 11.7 Å². The standard InChI is InChI=1S/C14H19F3N2O2/c1-18(2)7-4-8-19(3)10-5-6-11(13(20)21)12(9-10)14(15,16)17/h5-6,9H,4,7-8H2,1-3H3,(H,20,21). The monoisotopic (exact) mass is 304 g/mol. The molecule has 0 aliphatic rings. The summed E-state index contributed by atoms with van der Waals surface area (Å²) in [4.78, 5) is 14.6. The molecule has 0 atom stereocenters. The predicted octanol–water partition coefficient (Wildman–Crippen LogP) is 2.79. The predicted molar refractivity (Wildman–Crippen MR) is 74.8 cm³/mol. The molecule has 0 saturated carbocycles. The summed E-state index contributed by atoms with van der Waals surface area (Å²) >= 11 is 0. The third-order valence-corrected chi connectivity index (χ3v) is 3.08. The van der Waals surface area contributed by atoms with Crippen LogP contribution in [0.25, 0.3) is 0 Å². The van der Waals surface area contributed by atoms with Crippen LogP contribution in [0.5, 0.6) is 0 Å². The molecule has 0 saturated heterocycles. The quantitative estimate of drug-likeness (QED) is 0.877. The number of carboxylic acids is 1. The van der Waals surface area contributed by atoms with E-state index in [1.165, 1.54) is 6.07 Å². The van der Waals surface area contributed by atoms with Crippen LogP contribution >= 0.6 is 0 Å². The highest BCUT2D eigenvalue weighted by atomic mass is 19.4. The van der Waals surface area contributed by atoms with Crippen molar-refractivity contribution in [3.63, 3.8) is 0 Å². The molecule has 7 heteroatoms. The summed E-state index contributed by atoms with van der Waals surface area (Å²) in [5, 5.41) is 8.84. The van der Waals surface area contributed by atoms with Gasteiger partial charge in [0.15, 0.2) is 0 Å². The highest BCUT2D eigenvalue weighted by Gasteiger charge is 2.35. The Bertz CT molecular complexity index is 501. The number of benzene rings is 1. The van der Waals surface area contributed by atoms with E-state index in [9.17, 15) is 18.0 Å². The zero-order valence-electron chi connectivity index (χ0n) is 12.2. The molecule has 0 spiro atoms. The normalized spacial score (nSPS) is 11.8. The first-order valence-electron chi connectivity index (χ1n) is 6.43. The molecule has 1 rings (SSSR count). The summed E-state index contributed by atoms with van der Waals surface area (Å²) < 4.78 is 38.8. The number of halogens is 3. The molecule has 0 heterocycles. The summed E-state index contributed by atoms with van der Waals surface area (Å²) in [7, 11) is 5.53. The van der Waals surface area contributed by atoms with Crippen molar-refractivity contribution in [2.24, 2.45) is 0 Å². The second kappa shape index (κ2) is 6.80. The van der Waals surface area contributed by atoms with Gasteiger partial charge in [0.25, 0.3) is 0 Å². The van der Waals surface area contributed by atoms with E-state index in [1.54, 1.807) is 11.9 Å². The number of anilines is 1. The van der Waals surface area contributed by atoms with E-state index in [4.69, 9.17) is 5.11 Å². The maximum absolute atomic E-state index is 12.9. The number of hydrogen-bond acceptors (Lipinski definition) is 3. The third-order valence-electron chi connectivity index (χ3n) is 3.08. The molecule has 0 amide bonds. The van der Waals surface area contributed by atoms with Crippen LogP contribution in [0.2, 0.25) is 0 Å². The molecule has 0 unspecified atom stereocenters. The first-order valence-corrected chi connectivity index (χ1v) is 6.43. The maximum Gasteiger partial charge on any atom is 0.417 e. The number of carbonyl (C=O) groups is 1. The zero-order valence-corrected chi connectivity index (χ0v) is 12.2. The molecule has 4 nitrogen and oxygen atoms in total. The van der Waals surface area contributed by atoms with Gasteiger partial charge in [-0.05, 0) is 45.3 Å². The Morgan fingerprint density at radius 1 is 1.19 bits per heavy atom. The van der Waals surface area contributed by atoms with E-state index >= 15 is 0 Å². The molecule has 0 aliphatic carbocycles. The second-order valence-electron chi connectivity index (χ2n) is 5.11. The van der Waals surface area contributed by atoms with E-state index in [0.717, 1.165) is 25.1 Å². The average molecular weight is 304 g/mol. The van der Waals surface area contributed by atoms with Crippen molar-refractivity contribution in [2.75, 3.05) is 39.1 Å². The first kappa shape index (κ1) is 17.3. The highest BCUT2D eigenvalue weighted by Crippen LogP contribution is 2.34. The molecule has 0 aromatic heterocycles. The van der Waals surface area contributed by atoms with Crippen LogP contribution in [0.15, 0.2) is 18.2 Å². The number of aromatic carboxylic acids is 1. The molecule has 21 heavy (non-hydrogen) atoms. The molecular weight excluding hydrogens is 285 g/mol. The van der Waals surface area contributed by atoms with Gasteiger partial charge in [-0.3, -0.25) is 0 Å².